The summed E-state index contributed by atoms with van der Waals surface area (Å²) >= 11 is 0. The van der Waals surface area contributed by atoms with E-state index in [4.69, 9.17) is 0 Å². The molecule has 1 saturated heterocycles. The van der Waals surface area contributed by atoms with E-state index in [0.29, 0.717) is 5.41 Å². The fourth-order valence-electron chi connectivity index (χ4n) is 5.22. The third-order valence-electron chi connectivity index (χ3n) is 7.54. The molecule has 0 bridgehead atoms. The highest BCUT2D eigenvalue weighted by atomic mass is 15.3. The lowest BCUT2D eigenvalue weighted by molar-refractivity contribution is 0.173. The summed E-state index contributed by atoms with van der Waals surface area (Å²) in [4.78, 5) is 2.72. The summed E-state index contributed by atoms with van der Waals surface area (Å²) in [5.74, 6) is 4.13. The van der Waals surface area contributed by atoms with Crippen molar-refractivity contribution in [3.05, 3.63) is 23.9 Å². The standard InChI is InChI=1S/C24H38N6/c1-16-11-26-29(6)23(16)21-7-8-22(28-27-21)25-12-18-9-19-14-30(15-20(19)10-18)13-17(2)24(3,4)5/h7-8,11,17-20H,9-10,12-15H2,1-6H3,(H,25,28)/t17?,18-,19+,20-. The Morgan fingerprint density at radius 3 is 2.37 bits per heavy atom. The van der Waals surface area contributed by atoms with Gasteiger partial charge in [0.1, 0.15) is 11.5 Å². The molecule has 2 fully saturated rings. The van der Waals surface area contributed by atoms with Gasteiger partial charge in [-0.15, -0.1) is 10.2 Å². The van der Waals surface area contributed by atoms with Crippen molar-refractivity contribution in [1.82, 2.24) is 24.9 Å². The van der Waals surface area contributed by atoms with Crippen molar-refractivity contribution in [3.63, 3.8) is 0 Å². The third kappa shape index (κ3) is 4.53. The highest BCUT2D eigenvalue weighted by Gasteiger charge is 2.41. The van der Waals surface area contributed by atoms with Crippen LogP contribution in [-0.4, -0.2) is 51.1 Å². The van der Waals surface area contributed by atoms with Crippen LogP contribution in [0.4, 0.5) is 5.82 Å². The van der Waals surface area contributed by atoms with Gasteiger partial charge in [-0.3, -0.25) is 4.68 Å². The van der Waals surface area contributed by atoms with Gasteiger partial charge in [0.05, 0.1) is 11.9 Å². The number of nitrogens with zero attached hydrogens (tertiary/aromatic N) is 5. The Bertz CT molecular complexity index is 816. The molecule has 2 aliphatic rings. The second-order valence-corrected chi connectivity index (χ2v) is 10.8. The first kappa shape index (κ1) is 21.3. The monoisotopic (exact) mass is 410 g/mol. The average Bonchev–Trinajstić information content (AvgIpc) is 3.33. The zero-order chi connectivity index (χ0) is 21.5. The highest BCUT2D eigenvalue weighted by molar-refractivity contribution is 5.59. The van der Waals surface area contributed by atoms with E-state index >= 15 is 0 Å². The Morgan fingerprint density at radius 1 is 1.13 bits per heavy atom. The van der Waals surface area contributed by atoms with Crippen molar-refractivity contribution in [1.29, 1.82) is 0 Å². The average molecular weight is 411 g/mol. The predicted octanol–water partition coefficient (Wildman–Crippen LogP) is 4.24. The van der Waals surface area contributed by atoms with E-state index in [-0.39, 0.29) is 0 Å². The Morgan fingerprint density at radius 2 is 1.83 bits per heavy atom. The minimum Gasteiger partial charge on any atom is -0.368 e. The van der Waals surface area contributed by atoms with Gasteiger partial charge in [-0.25, -0.2) is 0 Å². The van der Waals surface area contributed by atoms with Gasteiger partial charge >= 0.3 is 0 Å². The zero-order valence-corrected chi connectivity index (χ0v) is 19.5. The smallest absolute Gasteiger partial charge is 0.148 e. The Labute approximate surface area is 181 Å². The predicted molar refractivity (Wildman–Crippen MR) is 122 cm³/mol. The SMILES string of the molecule is Cc1cnn(C)c1-c1ccc(NC[C@H]2C[C@@H]3CN(CC(C)C(C)(C)C)C[C@@H]3C2)nn1. The fourth-order valence-corrected chi connectivity index (χ4v) is 5.22. The Hall–Kier alpha value is -1.95. The largest absolute Gasteiger partial charge is 0.368 e. The number of anilines is 1. The van der Waals surface area contributed by atoms with E-state index in [1.165, 1.54) is 32.5 Å². The van der Waals surface area contributed by atoms with Crippen LogP contribution >= 0.6 is 0 Å². The lowest BCUT2D eigenvalue weighted by Crippen LogP contribution is -2.33. The molecule has 3 heterocycles. The molecule has 1 unspecified atom stereocenters. The van der Waals surface area contributed by atoms with E-state index < -0.39 is 0 Å². The Kier molecular flexibility index (Phi) is 5.88. The van der Waals surface area contributed by atoms with Crippen LogP contribution in [0.25, 0.3) is 11.4 Å². The van der Waals surface area contributed by atoms with E-state index in [2.05, 4.69) is 60.1 Å². The van der Waals surface area contributed by atoms with Crippen LogP contribution in [0.2, 0.25) is 0 Å². The van der Waals surface area contributed by atoms with Crippen LogP contribution in [0, 0.1) is 36.0 Å². The molecule has 4 atom stereocenters. The molecular formula is C24H38N6. The fraction of sp³-hybridized carbons (Fsp3) is 0.708. The number of hydrogen-bond donors (Lipinski definition) is 1. The minimum atomic E-state index is 0.399. The molecule has 1 aliphatic carbocycles. The lowest BCUT2D eigenvalue weighted by Gasteiger charge is -2.31. The van der Waals surface area contributed by atoms with E-state index in [1.807, 2.05) is 30.1 Å². The minimum absolute atomic E-state index is 0.399. The second kappa shape index (κ2) is 8.29. The van der Waals surface area contributed by atoms with Gasteiger partial charge in [-0.1, -0.05) is 27.7 Å². The number of aromatic nitrogens is 4. The first-order valence-corrected chi connectivity index (χ1v) is 11.5. The summed E-state index contributed by atoms with van der Waals surface area (Å²) in [5.41, 5.74) is 3.42. The van der Waals surface area contributed by atoms with Crippen LogP contribution in [-0.2, 0) is 7.05 Å². The van der Waals surface area contributed by atoms with Gasteiger partial charge in [0.2, 0.25) is 0 Å². The topological polar surface area (TPSA) is 58.9 Å². The summed E-state index contributed by atoms with van der Waals surface area (Å²) in [6.07, 6.45) is 4.56. The molecule has 6 nitrogen and oxygen atoms in total. The number of nitrogens with one attached hydrogen (secondary N) is 1. The number of rotatable bonds is 6. The molecule has 30 heavy (non-hydrogen) atoms. The molecule has 0 spiro atoms. The molecule has 2 aromatic rings. The number of hydrogen-bond acceptors (Lipinski definition) is 5. The van der Waals surface area contributed by atoms with Crippen LogP contribution in [0.5, 0.6) is 0 Å². The van der Waals surface area contributed by atoms with Crippen LogP contribution in [0.15, 0.2) is 18.3 Å². The molecule has 4 rings (SSSR count). The molecule has 0 amide bonds. The van der Waals surface area contributed by atoms with Crippen molar-refractivity contribution in [2.24, 2.45) is 36.1 Å². The van der Waals surface area contributed by atoms with Gasteiger partial charge in [0, 0.05) is 33.2 Å². The first-order valence-electron chi connectivity index (χ1n) is 11.5. The molecular weight excluding hydrogens is 372 g/mol. The van der Waals surface area contributed by atoms with Crippen molar-refractivity contribution in [2.75, 3.05) is 31.5 Å². The molecule has 164 valence electrons. The van der Waals surface area contributed by atoms with Gasteiger partial charge in [-0.05, 0) is 66.5 Å². The summed E-state index contributed by atoms with van der Waals surface area (Å²) in [5, 5.41) is 16.7. The van der Waals surface area contributed by atoms with E-state index in [9.17, 15) is 0 Å². The van der Waals surface area contributed by atoms with Crippen LogP contribution in [0.1, 0.15) is 46.1 Å². The van der Waals surface area contributed by atoms with Crippen molar-refractivity contribution >= 4 is 5.82 Å². The first-order chi connectivity index (χ1) is 14.2. The van der Waals surface area contributed by atoms with Crippen molar-refractivity contribution < 1.29 is 0 Å². The maximum atomic E-state index is 4.42. The summed E-state index contributed by atoms with van der Waals surface area (Å²) < 4.78 is 1.86. The molecule has 1 saturated carbocycles. The lowest BCUT2D eigenvalue weighted by atomic mass is 9.82. The maximum Gasteiger partial charge on any atom is 0.148 e. The molecule has 2 aromatic heterocycles. The van der Waals surface area contributed by atoms with Crippen LogP contribution < -0.4 is 5.32 Å². The van der Waals surface area contributed by atoms with Gasteiger partial charge in [-0.2, -0.15) is 5.10 Å². The van der Waals surface area contributed by atoms with E-state index in [1.54, 1.807) is 0 Å². The molecule has 1 aliphatic heterocycles. The van der Waals surface area contributed by atoms with E-state index in [0.717, 1.165) is 53.0 Å². The Balaban J connectivity index is 1.25. The highest BCUT2D eigenvalue weighted by Crippen LogP contribution is 2.42. The number of likely N-dealkylation sites (tertiary alicyclic amines) is 1. The number of aryl methyl sites for hydroxylation is 2. The summed E-state index contributed by atoms with van der Waals surface area (Å²) in [6.45, 7) is 16.4. The number of fused-ring (bicyclic) bond motifs is 1. The summed E-state index contributed by atoms with van der Waals surface area (Å²) in [7, 11) is 1.94. The maximum absolute atomic E-state index is 4.42. The van der Waals surface area contributed by atoms with Gasteiger partial charge < -0.3 is 10.2 Å². The molecule has 0 aromatic carbocycles. The summed E-state index contributed by atoms with van der Waals surface area (Å²) in [6, 6.07) is 4.08. The van der Waals surface area contributed by atoms with Gasteiger partial charge in [0.25, 0.3) is 0 Å². The molecule has 0 radical (unpaired) electrons. The molecule has 6 heteroatoms. The van der Waals surface area contributed by atoms with Crippen molar-refractivity contribution in [3.8, 4) is 11.4 Å². The quantitative estimate of drug-likeness (QED) is 0.772. The van der Waals surface area contributed by atoms with Crippen LogP contribution in [0.3, 0.4) is 0 Å². The normalized spacial score (nSPS) is 25.5. The second-order valence-electron chi connectivity index (χ2n) is 10.8. The van der Waals surface area contributed by atoms with Crippen molar-refractivity contribution in [2.45, 2.75) is 47.5 Å². The third-order valence-corrected chi connectivity index (χ3v) is 7.54. The molecule has 1 N–H and O–H groups in total. The van der Waals surface area contributed by atoms with Gasteiger partial charge in [0.15, 0.2) is 0 Å². The zero-order valence-electron chi connectivity index (χ0n) is 19.5.